The van der Waals surface area contributed by atoms with Crippen LogP contribution in [0, 0.1) is 0 Å². The number of anilines is 2. The number of imide groups is 1. The highest BCUT2D eigenvalue weighted by Crippen LogP contribution is 2.41. The maximum atomic E-state index is 14.1. The van der Waals surface area contributed by atoms with Crippen molar-refractivity contribution in [2.24, 2.45) is 0 Å². The van der Waals surface area contributed by atoms with Crippen LogP contribution in [0.5, 0.6) is 0 Å². The number of carbonyl (C=O) groups excluding carboxylic acids is 2. The molecule has 0 atom stereocenters. The van der Waals surface area contributed by atoms with Crippen LogP contribution in [0.25, 0.3) is 48.5 Å². The first-order valence-corrected chi connectivity index (χ1v) is 16.3. The number of hydrogen-bond acceptors (Lipinski definition) is 6. The van der Waals surface area contributed by atoms with E-state index in [0.29, 0.717) is 16.8 Å². The summed E-state index contributed by atoms with van der Waals surface area (Å²) in [6, 6.07) is 35.3. The lowest BCUT2D eigenvalue weighted by Gasteiger charge is -2.29. The Morgan fingerprint density at radius 3 is 2.24 bits per heavy atom. The van der Waals surface area contributed by atoms with Gasteiger partial charge in [-0.15, -0.1) is 11.3 Å². The fraction of sp³-hybridized carbons (Fsp3) is 0.105. The van der Waals surface area contributed by atoms with Gasteiger partial charge in [-0.25, -0.2) is 14.6 Å². The molecule has 0 bridgehead atoms. The van der Waals surface area contributed by atoms with Gasteiger partial charge in [-0.3, -0.25) is 9.59 Å². The minimum absolute atomic E-state index is 0.319. The third kappa shape index (κ3) is 4.18. The Kier molecular flexibility index (Phi) is 6.11. The van der Waals surface area contributed by atoms with Crippen LogP contribution in [-0.2, 0) is 0 Å². The van der Waals surface area contributed by atoms with Gasteiger partial charge in [-0.05, 0) is 67.4 Å². The third-order valence-electron chi connectivity index (χ3n) is 8.97. The maximum absolute atomic E-state index is 14.1. The van der Waals surface area contributed by atoms with Crippen molar-refractivity contribution < 1.29 is 9.59 Å². The quantitative estimate of drug-likeness (QED) is 0.182. The average Bonchev–Trinajstić information content (AvgIpc) is 3.88. The molecule has 0 aliphatic carbocycles. The van der Waals surface area contributed by atoms with Gasteiger partial charge in [0.15, 0.2) is 0 Å². The summed E-state index contributed by atoms with van der Waals surface area (Å²) >= 11 is 1.61. The van der Waals surface area contributed by atoms with E-state index < -0.39 is 0 Å². The van der Waals surface area contributed by atoms with Gasteiger partial charge < -0.3 is 4.90 Å². The molecule has 2 amide bonds. The van der Waals surface area contributed by atoms with Crippen LogP contribution < -0.4 is 9.80 Å². The Hall–Kier alpha value is -5.60. The van der Waals surface area contributed by atoms with E-state index in [2.05, 4.69) is 11.0 Å². The summed E-state index contributed by atoms with van der Waals surface area (Å²) in [5, 5.41) is 7.58. The molecule has 7 nitrogen and oxygen atoms in total. The van der Waals surface area contributed by atoms with Crippen molar-refractivity contribution in [2.45, 2.75) is 12.8 Å². The van der Waals surface area contributed by atoms with Crippen molar-refractivity contribution in [3.05, 3.63) is 127 Å². The zero-order chi connectivity index (χ0) is 30.8. The largest absolute Gasteiger partial charge is 0.371 e. The lowest BCUT2D eigenvalue weighted by molar-refractivity contribution is 0.0893. The molecule has 0 N–H and O–H groups in total. The Balaban J connectivity index is 1.16. The molecule has 4 heterocycles. The smallest absolute Gasteiger partial charge is 0.265 e. The fourth-order valence-electron chi connectivity index (χ4n) is 6.79. The van der Waals surface area contributed by atoms with Crippen LogP contribution in [0.4, 0.5) is 11.4 Å². The van der Waals surface area contributed by atoms with E-state index >= 15 is 0 Å². The molecule has 7 aromatic rings. The van der Waals surface area contributed by atoms with Gasteiger partial charge in [0, 0.05) is 52.4 Å². The molecule has 9 rings (SSSR count). The Bertz CT molecular complexity index is 2280. The normalized spacial score (nSPS) is 14.6. The van der Waals surface area contributed by atoms with E-state index in [1.165, 1.54) is 4.90 Å². The minimum Gasteiger partial charge on any atom is -0.371 e. The van der Waals surface area contributed by atoms with Crippen LogP contribution in [-0.4, -0.2) is 39.7 Å². The lowest BCUT2D eigenvalue weighted by Crippen LogP contribution is -2.40. The lowest BCUT2D eigenvalue weighted by atomic mass is 9.92. The summed E-state index contributed by atoms with van der Waals surface area (Å²) in [5.74, 6) is -0.639. The average molecular weight is 618 g/mol. The number of aromatic nitrogens is 3. The van der Waals surface area contributed by atoms with E-state index in [1.54, 1.807) is 11.3 Å². The summed E-state index contributed by atoms with van der Waals surface area (Å²) in [5.41, 5.74) is 6.92. The first kappa shape index (κ1) is 26.8. The Labute approximate surface area is 269 Å². The second kappa shape index (κ2) is 10.5. The van der Waals surface area contributed by atoms with Crippen LogP contribution in [0.3, 0.4) is 0 Å². The molecule has 2 aliphatic rings. The van der Waals surface area contributed by atoms with Crippen molar-refractivity contribution in [1.29, 1.82) is 0 Å². The van der Waals surface area contributed by atoms with Crippen molar-refractivity contribution in [3.63, 3.8) is 0 Å². The minimum atomic E-state index is -0.319. The fourth-order valence-corrected chi connectivity index (χ4v) is 7.76. The molecule has 5 aromatic carbocycles. The van der Waals surface area contributed by atoms with Gasteiger partial charge >= 0.3 is 0 Å². The van der Waals surface area contributed by atoms with Crippen LogP contribution in [0.1, 0.15) is 33.6 Å². The molecule has 8 heteroatoms. The number of fused-ring (bicyclic) bond motifs is 1. The number of amides is 2. The van der Waals surface area contributed by atoms with Gasteiger partial charge in [0.1, 0.15) is 10.7 Å². The molecule has 2 aromatic heterocycles. The highest BCUT2D eigenvalue weighted by atomic mass is 32.1. The molecule has 1 fully saturated rings. The number of nitrogens with zero attached hydrogens (tertiary/aromatic N) is 5. The predicted octanol–water partition coefficient (Wildman–Crippen LogP) is 8.37. The van der Waals surface area contributed by atoms with Gasteiger partial charge in [0.05, 0.1) is 27.2 Å². The molecule has 0 spiro atoms. The van der Waals surface area contributed by atoms with Crippen molar-refractivity contribution in [1.82, 2.24) is 14.8 Å². The zero-order valence-corrected chi connectivity index (χ0v) is 25.6. The van der Waals surface area contributed by atoms with Gasteiger partial charge in [-0.1, -0.05) is 54.6 Å². The van der Waals surface area contributed by atoms with Crippen molar-refractivity contribution in [2.75, 3.05) is 22.9 Å². The molecule has 1 saturated heterocycles. The molecule has 0 saturated carbocycles. The monoisotopic (exact) mass is 617 g/mol. The highest BCUT2D eigenvalue weighted by Gasteiger charge is 2.35. The zero-order valence-electron chi connectivity index (χ0n) is 24.8. The molecular formula is C38H27N5O2S. The molecule has 2 aliphatic heterocycles. The topological polar surface area (TPSA) is 71.3 Å². The number of thiazole rings is 1. The van der Waals surface area contributed by atoms with Crippen LogP contribution in [0.2, 0.25) is 0 Å². The summed E-state index contributed by atoms with van der Waals surface area (Å²) in [4.78, 5) is 36.9. The molecule has 46 heavy (non-hydrogen) atoms. The SMILES string of the molecule is O=C1c2cccc3c(N4CCCC4)ccc(c23)C(=O)N1c1cccc(-c2nn(-c3ccccc3)cc2-c2nc3ccccc3s2)c1. The van der Waals surface area contributed by atoms with Crippen LogP contribution >= 0.6 is 11.3 Å². The first-order chi connectivity index (χ1) is 22.6. The second-order valence-electron chi connectivity index (χ2n) is 11.7. The van der Waals surface area contributed by atoms with Crippen molar-refractivity contribution >= 4 is 55.5 Å². The summed E-state index contributed by atoms with van der Waals surface area (Å²) in [7, 11) is 0. The number of rotatable bonds is 5. The van der Waals surface area contributed by atoms with Gasteiger partial charge in [-0.2, -0.15) is 5.10 Å². The highest BCUT2D eigenvalue weighted by molar-refractivity contribution is 7.21. The Morgan fingerprint density at radius 1 is 0.674 bits per heavy atom. The number of carbonyl (C=O) groups is 2. The standard InChI is InChI=1S/C38H27N5O2S/c44-37-28-15-9-14-27-32(41-20-6-7-21-41)19-18-29(34(27)28)38(45)43(37)26-13-8-10-24(22-26)35-30(23-42(40-35)25-11-2-1-3-12-25)36-39-31-16-4-5-17-33(31)46-36/h1-5,8-19,22-23H,6-7,20-21H2. The summed E-state index contributed by atoms with van der Waals surface area (Å²) in [6.07, 6.45) is 4.30. The number of benzene rings is 5. The first-order valence-electron chi connectivity index (χ1n) is 15.4. The summed E-state index contributed by atoms with van der Waals surface area (Å²) in [6.45, 7) is 1.97. The predicted molar refractivity (Wildman–Crippen MR) is 184 cm³/mol. The van der Waals surface area contributed by atoms with E-state index in [1.807, 2.05) is 114 Å². The maximum Gasteiger partial charge on any atom is 0.265 e. The summed E-state index contributed by atoms with van der Waals surface area (Å²) < 4.78 is 2.95. The second-order valence-corrected chi connectivity index (χ2v) is 12.7. The number of hydrogen-bond donors (Lipinski definition) is 0. The van der Waals surface area contributed by atoms with E-state index in [9.17, 15) is 9.59 Å². The molecular weight excluding hydrogens is 591 g/mol. The Morgan fingerprint density at radius 2 is 1.41 bits per heavy atom. The van der Waals surface area contributed by atoms with E-state index in [0.717, 1.165) is 80.1 Å². The van der Waals surface area contributed by atoms with Crippen molar-refractivity contribution in [3.8, 4) is 27.5 Å². The van der Waals surface area contributed by atoms with E-state index in [4.69, 9.17) is 10.1 Å². The molecule has 0 unspecified atom stereocenters. The molecule has 222 valence electrons. The number of para-hydroxylation sites is 2. The van der Waals surface area contributed by atoms with E-state index in [-0.39, 0.29) is 11.8 Å². The third-order valence-corrected chi connectivity index (χ3v) is 10.0. The van der Waals surface area contributed by atoms with Gasteiger partial charge in [0.25, 0.3) is 11.8 Å². The van der Waals surface area contributed by atoms with Gasteiger partial charge in [0.2, 0.25) is 0 Å². The van der Waals surface area contributed by atoms with Crippen LogP contribution in [0.15, 0.2) is 115 Å². The molecule has 0 radical (unpaired) electrons.